The van der Waals surface area contributed by atoms with Gasteiger partial charge in [0.2, 0.25) is 5.89 Å². The highest BCUT2D eigenvalue weighted by Crippen LogP contribution is 2.27. The van der Waals surface area contributed by atoms with Crippen molar-refractivity contribution < 1.29 is 13.9 Å². The third-order valence-corrected chi connectivity index (χ3v) is 2.69. The van der Waals surface area contributed by atoms with Gasteiger partial charge in [-0.15, -0.1) is 10.2 Å². The highest BCUT2D eigenvalue weighted by molar-refractivity contribution is 6.31. The van der Waals surface area contributed by atoms with E-state index < -0.39 is 5.97 Å². The molecule has 0 aliphatic rings. The zero-order chi connectivity index (χ0) is 12.4. The summed E-state index contributed by atoms with van der Waals surface area (Å²) in [5, 5.41) is 7.98. The molecule has 0 unspecified atom stereocenters. The number of aromatic nitrogens is 2. The van der Waals surface area contributed by atoms with E-state index in [4.69, 9.17) is 16.0 Å². The highest BCUT2D eigenvalue weighted by atomic mass is 35.5. The van der Waals surface area contributed by atoms with E-state index in [1.807, 2.05) is 6.92 Å². The number of esters is 1. The second-order valence-electron chi connectivity index (χ2n) is 3.32. The minimum Gasteiger partial charge on any atom is -0.462 e. The summed E-state index contributed by atoms with van der Waals surface area (Å²) in [5.74, 6) is -0.601. The number of ether oxygens (including phenoxy) is 1. The molecule has 0 atom stereocenters. The monoisotopic (exact) mass is 252 g/mol. The number of hydrogen-bond donors (Lipinski definition) is 0. The molecule has 0 spiro atoms. The third-order valence-electron chi connectivity index (χ3n) is 2.28. The lowest BCUT2D eigenvalue weighted by Gasteiger charge is -2.01. The quantitative estimate of drug-likeness (QED) is 0.768. The number of carbonyl (C=O) groups excluding carboxylic acids is 1. The lowest BCUT2D eigenvalue weighted by Crippen LogP contribution is -2.00. The average Bonchev–Trinajstić information content (AvgIpc) is 2.81. The molecule has 2 aromatic rings. The van der Waals surface area contributed by atoms with Gasteiger partial charge in [-0.2, -0.15) is 0 Å². The van der Waals surface area contributed by atoms with Gasteiger partial charge < -0.3 is 9.15 Å². The molecule has 1 aromatic carbocycles. The van der Waals surface area contributed by atoms with Crippen molar-refractivity contribution in [3.63, 3.8) is 0 Å². The highest BCUT2D eigenvalue weighted by Gasteiger charge is 2.17. The molecule has 0 saturated carbocycles. The van der Waals surface area contributed by atoms with E-state index in [1.54, 1.807) is 18.2 Å². The second kappa shape index (κ2) is 4.55. The largest absolute Gasteiger partial charge is 0.462 e. The standard InChI is InChI=1S/C11H9ClN2O3/c1-6-7(4-3-5-8(6)12)9-13-14-10(17-9)11(15)16-2/h3-5H,1-2H3. The van der Waals surface area contributed by atoms with Gasteiger partial charge in [0.25, 0.3) is 0 Å². The van der Waals surface area contributed by atoms with Crippen molar-refractivity contribution in [2.45, 2.75) is 6.92 Å². The fourth-order valence-electron chi connectivity index (χ4n) is 1.34. The van der Waals surface area contributed by atoms with E-state index in [9.17, 15) is 4.79 Å². The summed E-state index contributed by atoms with van der Waals surface area (Å²) in [7, 11) is 1.25. The Morgan fingerprint density at radius 1 is 1.41 bits per heavy atom. The van der Waals surface area contributed by atoms with Crippen molar-refractivity contribution >= 4 is 17.6 Å². The first-order valence-electron chi connectivity index (χ1n) is 4.80. The molecule has 0 aliphatic carbocycles. The van der Waals surface area contributed by atoms with Crippen molar-refractivity contribution in [2.75, 3.05) is 7.11 Å². The Labute approximate surface area is 102 Å². The van der Waals surface area contributed by atoms with Crippen LogP contribution in [0.15, 0.2) is 22.6 Å². The summed E-state index contributed by atoms with van der Waals surface area (Å²) in [6.45, 7) is 1.83. The van der Waals surface area contributed by atoms with Gasteiger partial charge in [0, 0.05) is 10.6 Å². The summed E-state index contributed by atoms with van der Waals surface area (Å²) in [6, 6.07) is 5.32. The lowest BCUT2D eigenvalue weighted by atomic mass is 10.1. The van der Waals surface area contributed by atoms with Gasteiger partial charge in [0.05, 0.1) is 7.11 Å². The molecule has 0 fully saturated rings. The van der Waals surface area contributed by atoms with Gasteiger partial charge in [0.15, 0.2) is 0 Å². The van der Waals surface area contributed by atoms with Crippen LogP contribution in [0.4, 0.5) is 0 Å². The Bertz CT molecular complexity index is 566. The molecule has 0 radical (unpaired) electrons. The van der Waals surface area contributed by atoms with Gasteiger partial charge in [-0.05, 0) is 24.6 Å². The Hall–Kier alpha value is -1.88. The molecule has 0 aliphatic heterocycles. The predicted octanol–water partition coefficient (Wildman–Crippen LogP) is 2.49. The number of nitrogens with zero attached hydrogens (tertiary/aromatic N) is 2. The van der Waals surface area contributed by atoms with E-state index in [0.717, 1.165) is 5.56 Å². The van der Waals surface area contributed by atoms with Crippen LogP contribution in [0.2, 0.25) is 5.02 Å². The number of benzene rings is 1. The first-order valence-corrected chi connectivity index (χ1v) is 5.18. The SMILES string of the molecule is COC(=O)c1nnc(-c2cccc(Cl)c2C)o1. The number of methoxy groups -OCH3 is 1. The maximum atomic E-state index is 11.2. The van der Waals surface area contributed by atoms with Gasteiger partial charge in [-0.1, -0.05) is 17.7 Å². The van der Waals surface area contributed by atoms with Crippen LogP contribution in [-0.2, 0) is 4.74 Å². The van der Waals surface area contributed by atoms with E-state index >= 15 is 0 Å². The Balaban J connectivity index is 2.44. The zero-order valence-corrected chi connectivity index (χ0v) is 9.99. The molecule has 6 heteroatoms. The van der Waals surface area contributed by atoms with E-state index in [1.165, 1.54) is 7.11 Å². The zero-order valence-electron chi connectivity index (χ0n) is 9.23. The molecule has 5 nitrogen and oxygen atoms in total. The molecule has 17 heavy (non-hydrogen) atoms. The number of halogens is 1. The van der Waals surface area contributed by atoms with Crippen LogP contribution in [0.25, 0.3) is 11.5 Å². The van der Waals surface area contributed by atoms with Gasteiger partial charge in [0.1, 0.15) is 0 Å². The lowest BCUT2D eigenvalue weighted by molar-refractivity contribution is 0.0556. The summed E-state index contributed by atoms with van der Waals surface area (Å²) in [5.41, 5.74) is 1.51. The summed E-state index contributed by atoms with van der Waals surface area (Å²) in [4.78, 5) is 11.2. The van der Waals surface area contributed by atoms with E-state index in [0.29, 0.717) is 10.6 Å². The molecule has 0 saturated heterocycles. The van der Waals surface area contributed by atoms with Crippen molar-refractivity contribution in [1.29, 1.82) is 0 Å². The second-order valence-corrected chi connectivity index (χ2v) is 3.72. The molecule has 1 heterocycles. The van der Waals surface area contributed by atoms with Crippen molar-refractivity contribution in [2.24, 2.45) is 0 Å². The Morgan fingerprint density at radius 2 is 2.18 bits per heavy atom. The van der Waals surface area contributed by atoms with Gasteiger partial charge in [-0.3, -0.25) is 0 Å². The van der Waals surface area contributed by atoms with Crippen LogP contribution in [-0.4, -0.2) is 23.3 Å². The van der Waals surface area contributed by atoms with Crippen LogP contribution in [0.1, 0.15) is 16.2 Å². The minimum atomic E-state index is -0.663. The first-order chi connectivity index (χ1) is 8.13. The average molecular weight is 253 g/mol. The van der Waals surface area contributed by atoms with E-state index in [2.05, 4.69) is 14.9 Å². The summed E-state index contributed by atoms with van der Waals surface area (Å²) in [6.07, 6.45) is 0. The first kappa shape index (κ1) is 11.6. The number of rotatable bonds is 2. The van der Waals surface area contributed by atoms with Crippen LogP contribution in [0.3, 0.4) is 0 Å². The summed E-state index contributed by atoms with van der Waals surface area (Å²) < 4.78 is 9.68. The molecular formula is C11H9ClN2O3. The van der Waals surface area contributed by atoms with Crippen LogP contribution in [0.5, 0.6) is 0 Å². The molecule has 0 bridgehead atoms. The maximum Gasteiger partial charge on any atom is 0.396 e. The molecule has 0 N–H and O–H groups in total. The Kier molecular flexibility index (Phi) is 3.10. The Morgan fingerprint density at radius 3 is 2.88 bits per heavy atom. The molecule has 2 rings (SSSR count). The number of carbonyl (C=O) groups is 1. The molecule has 1 aromatic heterocycles. The molecule has 88 valence electrons. The maximum absolute atomic E-state index is 11.2. The van der Waals surface area contributed by atoms with Crippen molar-refractivity contribution in [3.8, 4) is 11.5 Å². The predicted molar refractivity (Wildman–Crippen MR) is 60.8 cm³/mol. The molecular weight excluding hydrogens is 244 g/mol. The van der Waals surface area contributed by atoms with Crippen LogP contribution < -0.4 is 0 Å². The molecule has 0 amide bonds. The van der Waals surface area contributed by atoms with Crippen LogP contribution >= 0.6 is 11.6 Å². The van der Waals surface area contributed by atoms with Crippen molar-refractivity contribution in [1.82, 2.24) is 10.2 Å². The van der Waals surface area contributed by atoms with E-state index in [-0.39, 0.29) is 11.8 Å². The normalized spacial score (nSPS) is 10.3. The fraction of sp³-hybridized carbons (Fsp3) is 0.182. The minimum absolute atomic E-state index is 0.179. The smallest absolute Gasteiger partial charge is 0.396 e. The van der Waals surface area contributed by atoms with Gasteiger partial charge in [-0.25, -0.2) is 4.79 Å². The number of hydrogen-bond acceptors (Lipinski definition) is 5. The summed E-state index contributed by atoms with van der Waals surface area (Å²) >= 11 is 5.98. The third kappa shape index (κ3) is 2.14. The van der Waals surface area contributed by atoms with Crippen LogP contribution in [0, 0.1) is 6.92 Å². The van der Waals surface area contributed by atoms with Crippen molar-refractivity contribution in [3.05, 3.63) is 34.7 Å². The topological polar surface area (TPSA) is 65.2 Å². The fourth-order valence-corrected chi connectivity index (χ4v) is 1.52. The van der Waals surface area contributed by atoms with Gasteiger partial charge >= 0.3 is 11.9 Å².